The average molecular weight is 486 g/mol. The first kappa shape index (κ1) is 19.9. The van der Waals surface area contributed by atoms with Gasteiger partial charge in [-0.1, -0.05) is 42.5 Å². The summed E-state index contributed by atoms with van der Waals surface area (Å²) in [4.78, 5) is 24.2. The van der Waals surface area contributed by atoms with E-state index < -0.39 is 0 Å². The predicted octanol–water partition coefficient (Wildman–Crippen LogP) is 4.13. The molecule has 0 aliphatic heterocycles. The number of carbonyl (C=O) groups is 2. The van der Waals surface area contributed by atoms with Gasteiger partial charge in [0.2, 0.25) is 5.91 Å². The summed E-state index contributed by atoms with van der Waals surface area (Å²) in [5.41, 5.74) is 1.47. The third kappa shape index (κ3) is 5.82. The van der Waals surface area contributed by atoms with Crippen LogP contribution in [0.2, 0.25) is 0 Å². The van der Waals surface area contributed by atoms with E-state index in [0.717, 1.165) is 14.9 Å². The summed E-state index contributed by atoms with van der Waals surface area (Å²) in [7, 11) is 0. The van der Waals surface area contributed by atoms with Gasteiger partial charge in [0.15, 0.2) is 0 Å². The van der Waals surface area contributed by atoms with Crippen molar-refractivity contribution in [1.82, 2.24) is 10.6 Å². The van der Waals surface area contributed by atoms with Crippen LogP contribution in [0.4, 0.5) is 0 Å². The summed E-state index contributed by atoms with van der Waals surface area (Å²) < 4.78 is 6.64. The van der Waals surface area contributed by atoms with E-state index in [1.165, 1.54) is 0 Å². The van der Waals surface area contributed by atoms with Crippen LogP contribution in [0.1, 0.15) is 15.9 Å². The monoisotopic (exact) mass is 486 g/mol. The molecule has 0 spiro atoms. The molecule has 0 aliphatic carbocycles. The van der Waals surface area contributed by atoms with Gasteiger partial charge in [0.1, 0.15) is 11.5 Å². The van der Waals surface area contributed by atoms with Crippen molar-refractivity contribution < 1.29 is 14.3 Å². The zero-order valence-electron chi connectivity index (χ0n) is 15.0. The standard InChI is InChI=1S/C22H19IN2O3/c23-20-12-5-4-11-19(20)22(27)25-15-21(26)24-14-16-7-6-10-18(13-16)28-17-8-2-1-3-9-17/h1-13H,14-15H2,(H,24,26)(H,25,27). The minimum Gasteiger partial charge on any atom is -0.457 e. The molecular formula is C22H19IN2O3. The van der Waals surface area contributed by atoms with Crippen molar-refractivity contribution in [3.05, 3.63) is 93.6 Å². The highest BCUT2D eigenvalue weighted by Crippen LogP contribution is 2.21. The summed E-state index contributed by atoms with van der Waals surface area (Å²) in [5.74, 6) is 0.930. The molecular weight excluding hydrogens is 467 g/mol. The van der Waals surface area contributed by atoms with E-state index in [1.807, 2.05) is 66.7 Å². The third-order valence-electron chi connectivity index (χ3n) is 3.90. The van der Waals surface area contributed by atoms with Gasteiger partial charge in [0, 0.05) is 10.1 Å². The number of rotatable bonds is 7. The second kappa shape index (κ2) is 9.89. The molecule has 2 N–H and O–H groups in total. The number of nitrogens with one attached hydrogen (secondary N) is 2. The second-order valence-corrected chi connectivity index (χ2v) is 7.16. The number of para-hydroxylation sites is 1. The van der Waals surface area contributed by atoms with Crippen molar-refractivity contribution in [3.8, 4) is 11.5 Å². The summed E-state index contributed by atoms with van der Waals surface area (Å²) in [6.07, 6.45) is 0. The van der Waals surface area contributed by atoms with Gasteiger partial charge in [0.25, 0.3) is 5.91 Å². The molecule has 2 amide bonds. The second-order valence-electron chi connectivity index (χ2n) is 6.00. The van der Waals surface area contributed by atoms with E-state index in [0.29, 0.717) is 17.9 Å². The SMILES string of the molecule is O=C(CNC(=O)c1ccccc1I)NCc1cccc(Oc2ccccc2)c1. The van der Waals surface area contributed by atoms with E-state index in [4.69, 9.17) is 4.74 Å². The molecule has 0 saturated heterocycles. The molecule has 0 aliphatic rings. The van der Waals surface area contributed by atoms with E-state index in [9.17, 15) is 9.59 Å². The van der Waals surface area contributed by atoms with Crippen LogP contribution in [-0.2, 0) is 11.3 Å². The number of amides is 2. The van der Waals surface area contributed by atoms with Gasteiger partial charge in [-0.2, -0.15) is 0 Å². The van der Waals surface area contributed by atoms with Crippen molar-refractivity contribution in [2.75, 3.05) is 6.54 Å². The molecule has 3 rings (SSSR count). The number of benzene rings is 3. The molecule has 0 radical (unpaired) electrons. The van der Waals surface area contributed by atoms with Crippen molar-refractivity contribution >= 4 is 34.4 Å². The summed E-state index contributed by atoms with van der Waals surface area (Å²) >= 11 is 2.09. The highest BCUT2D eigenvalue weighted by Gasteiger charge is 2.10. The highest BCUT2D eigenvalue weighted by atomic mass is 127. The largest absolute Gasteiger partial charge is 0.457 e. The molecule has 0 fully saturated rings. The van der Waals surface area contributed by atoms with Crippen molar-refractivity contribution in [2.45, 2.75) is 6.54 Å². The van der Waals surface area contributed by atoms with Crippen LogP contribution in [0.25, 0.3) is 0 Å². The van der Waals surface area contributed by atoms with Crippen LogP contribution in [0.15, 0.2) is 78.9 Å². The molecule has 0 heterocycles. The zero-order valence-corrected chi connectivity index (χ0v) is 17.2. The lowest BCUT2D eigenvalue weighted by Crippen LogP contribution is -2.36. The Kier molecular flexibility index (Phi) is 7.02. The lowest BCUT2D eigenvalue weighted by atomic mass is 10.2. The lowest BCUT2D eigenvalue weighted by Gasteiger charge is -2.10. The Morgan fingerprint density at radius 2 is 1.54 bits per heavy atom. The van der Waals surface area contributed by atoms with Crippen molar-refractivity contribution in [1.29, 1.82) is 0 Å². The predicted molar refractivity (Wildman–Crippen MR) is 116 cm³/mol. The highest BCUT2D eigenvalue weighted by molar-refractivity contribution is 14.1. The summed E-state index contributed by atoms with van der Waals surface area (Å²) in [5, 5.41) is 5.44. The smallest absolute Gasteiger partial charge is 0.252 e. The van der Waals surface area contributed by atoms with Crippen LogP contribution in [-0.4, -0.2) is 18.4 Å². The molecule has 6 heteroatoms. The Labute approximate surface area is 177 Å². The van der Waals surface area contributed by atoms with Gasteiger partial charge in [-0.3, -0.25) is 9.59 Å². The lowest BCUT2D eigenvalue weighted by molar-refractivity contribution is -0.120. The molecule has 28 heavy (non-hydrogen) atoms. The van der Waals surface area contributed by atoms with E-state index >= 15 is 0 Å². The molecule has 0 aromatic heterocycles. The van der Waals surface area contributed by atoms with Crippen LogP contribution in [0, 0.1) is 3.57 Å². The third-order valence-corrected chi connectivity index (χ3v) is 4.84. The van der Waals surface area contributed by atoms with Gasteiger partial charge >= 0.3 is 0 Å². The Morgan fingerprint density at radius 3 is 2.32 bits per heavy atom. The molecule has 0 atom stereocenters. The van der Waals surface area contributed by atoms with Gasteiger partial charge in [-0.05, 0) is 64.6 Å². The van der Waals surface area contributed by atoms with E-state index in [2.05, 4.69) is 33.2 Å². The Bertz CT molecular complexity index is 961. The first-order valence-electron chi connectivity index (χ1n) is 8.73. The number of ether oxygens (including phenoxy) is 1. The topological polar surface area (TPSA) is 67.4 Å². The van der Waals surface area contributed by atoms with Crippen LogP contribution in [0.5, 0.6) is 11.5 Å². The minimum atomic E-state index is -0.265. The summed E-state index contributed by atoms with van der Waals surface area (Å²) in [6.45, 7) is 0.271. The van der Waals surface area contributed by atoms with Crippen LogP contribution in [0.3, 0.4) is 0 Å². The maximum absolute atomic E-state index is 12.1. The Morgan fingerprint density at radius 1 is 0.821 bits per heavy atom. The fraction of sp³-hybridized carbons (Fsp3) is 0.0909. The molecule has 3 aromatic rings. The number of carbonyl (C=O) groups excluding carboxylic acids is 2. The molecule has 0 unspecified atom stereocenters. The van der Waals surface area contributed by atoms with Gasteiger partial charge in [-0.15, -0.1) is 0 Å². The normalized spacial score (nSPS) is 10.2. The maximum atomic E-state index is 12.1. The molecule has 0 bridgehead atoms. The molecule has 0 saturated carbocycles. The fourth-order valence-electron chi connectivity index (χ4n) is 2.51. The van der Waals surface area contributed by atoms with Crippen LogP contribution < -0.4 is 15.4 Å². The number of hydrogen-bond acceptors (Lipinski definition) is 3. The first-order valence-corrected chi connectivity index (χ1v) is 9.81. The molecule has 3 aromatic carbocycles. The number of hydrogen-bond donors (Lipinski definition) is 2. The minimum absolute atomic E-state index is 0.0794. The first-order chi connectivity index (χ1) is 13.6. The van der Waals surface area contributed by atoms with Crippen LogP contribution >= 0.6 is 22.6 Å². The van der Waals surface area contributed by atoms with E-state index in [1.54, 1.807) is 12.1 Å². The van der Waals surface area contributed by atoms with E-state index in [-0.39, 0.29) is 18.4 Å². The fourth-order valence-corrected chi connectivity index (χ4v) is 3.14. The van der Waals surface area contributed by atoms with Crippen molar-refractivity contribution in [2.24, 2.45) is 0 Å². The van der Waals surface area contributed by atoms with Crippen molar-refractivity contribution in [3.63, 3.8) is 0 Å². The summed E-state index contributed by atoms with van der Waals surface area (Å²) in [6, 6.07) is 24.2. The number of halogens is 1. The zero-order chi connectivity index (χ0) is 19.8. The maximum Gasteiger partial charge on any atom is 0.252 e. The Hall–Kier alpha value is -2.87. The van der Waals surface area contributed by atoms with Gasteiger partial charge < -0.3 is 15.4 Å². The Balaban J connectivity index is 1.49. The average Bonchev–Trinajstić information content (AvgIpc) is 2.72. The van der Waals surface area contributed by atoms with Gasteiger partial charge in [-0.25, -0.2) is 0 Å². The molecule has 5 nitrogen and oxygen atoms in total. The molecule has 142 valence electrons. The quantitative estimate of drug-likeness (QED) is 0.494. The van der Waals surface area contributed by atoms with Gasteiger partial charge in [0.05, 0.1) is 12.1 Å².